The minimum absolute atomic E-state index is 0.00916. The second kappa shape index (κ2) is 7.67. The smallest absolute Gasteiger partial charge is 0.253 e. The fraction of sp³-hybridized carbons (Fsp3) is 0.300. The van der Waals surface area contributed by atoms with Crippen molar-refractivity contribution in [1.29, 1.82) is 0 Å². The molecule has 1 atom stereocenters. The SMILES string of the molecule is NC(=O)Cn1ccnc1C1CCCN(C(=O)c2ccc(-n3ccnc3)cc2)C1. The zero-order valence-electron chi connectivity index (χ0n) is 15.4. The third-order valence-corrected chi connectivity index (χ3v) is 5.06. The number of carbonyl (C=O) groups excluding carboxylic acids is 2. The van der Waals surface area contributed by atoms with Crippen molar-refractivity contribution in [3.8, 4) is 5.69 Å². The van der Waals surface area contributed by atoms with E-state index in [1.165, 1.54) is 0 Å². The lowest BCUT2D eigenvalue weighted by molar-refractivity contribution is -0.118. The first-order valence-corrected chi connectivity index (χ1v) is 9.29. The van der Waals surface area contributed by atoms with Crippen molar-refractivity contribution in [3.63, 3.8) is 0 Å². The number of nitrogens with zero attached hydrogens (tertiary/aromatic N) is 5. The number of likely N-dealkylation sites (tertiary alicyclic amines) is 1. The van der Waals surface area contributed by atoms with Crippen molar-refractivity contribution < 1.29 is 9.59 Å². The van der Waals surface area contributed by atoms with Crippen LogP contribution in [0.15, 0.2) is 55.4 Å². The Morgan fingerprint density at radius 2 is 1.96 bits per heavy atom. The molecule has 144 valence electrons. The lowest BCUT2D eigenvalue weighted by Crippen LogP contribution is -2.40. The standard InChI is InChI=1S/C20H22N6O2/c21-18(27)13-24-11-8-23-19(24)16-2-1-9-25(12-16)20(28)15-3-5-17(6-4-15)26-10-7-22-14-26/h3-8,10-11,14,16H,1-2,9,12-13H2,(H2,21,27). The number of imidazole rings is 2. The number of amides is 2. The summed E-state index contributed by atoms with van der Waals surface area (Å²) < 4.78 is 3.67. The highest BCUT2D eigenvalue weighted by atomic mass is 16.2. The van der Waals surface area contributed by atoms with E-state index < -0.39 is 5.91 Å². The third-order valence-electron chi connectivity index (χ3n) is 5.06. The summed E-state index contributed by atoms with van der Waals surface area (Å²) in [6.07, 6.45) is 10.6. The van der Waals surface area contributed by atoms with Crippen LogP contribution in [0.25, 0.3) is 5.69 Å². The van der Waals surface area contributed by atoms with Gasteiger partial charge in [0.05, 0.1) is 6.33 Å². The second-order valence-electron chi connectivity index (χ2n) is 6.99. The molecule has 4 rings (SSSR count). The van der Waals surface area contributed by atoms with Crippen LogP contribution >= 0.6 is 0 Å². The van der Waals surface area contributed by atoms with Gasteiger partial charge in [-0.3, -0.25) is 9.59 Å². The summed E-state index contributed by atoms with van der Waals surface area (Å²) in [4.78, 5) is 34.6. The van der Waals surface area contributed by atoms with E-state index in [0.29, 0.717) is 12.1 Å². The number of aromatic nitrogens is 4. The molecule has 1 aliphatic rings. The number of benzene rings is 1. The van der Waals surface area contributed by atoms with Crippen LogP contribution in [-0.4, -0.2) is 48.9 Å². The van der Waals surface area contributed by atoms with Gasteiger partial charge in [-0.25, -0.2) is 9.97 Å². The van der Waals surface area contributed by atoms with Gasteiger partial charge in [-0.1, -0.05) is 0 Å². The van der Waals surface area contributed by atoms with E-state index in [4.69, 9.17) is 5.73 Å². The highest BCUT2D eigenvalue weighted by molar-refractivity contribution is 5.94. The Morgan fingerprint density at radius 1 is 1.14 bits per heavy atom. The molecule has 3 aromatic rings. The van der Waals surface area contributed by atoms with Crippen molar-refractivity contribution in [3.05, 3.63) is 66.8 Å². The molecule has 1 fully saturated rings. The molecule has 0 saturated carbocycles. The first kappa shape index (κ1) is 18.0. The number of nitrogens with two attached hydrogens (primary N) is 1. The molecule has 2 N–H and O–H groups in total. The minimum Gasteiger partial charge on any atom is -0.368 e. The van der Waals surface area contributed by atoms with Gasteiger partial charge in [-0.05, 0) is 37.1 Å². The van der Waals surface area contributed by atoms with Crippen LogP contribution < -0.4 is 5.73 Å². The Bertz CT molecular complexity index is 961. The lowest BCUT2D eigenvalue weighted by Gasteiger charge is -2.32. The normalized spacial score (nSPS) is 16.9. The maximum atomic E-state index is 13.0. The number of hydrogen-bond acceptors (Lipinski definition) is 4. The molecule has 2 amide bonds. The van der Waals surface area contributed by atoms with Crippen LogP contribution in [0.4, 0.5) is 0 Å². The summed E-state index contributed by atoms with van der Waals surface area (Å²) in [5.41, 5.74) is 6.94. The summed E-state index contributed by atoms with van der Waals surface area (Å²) >= 11 is 0. The molecule has 0 bridgehead atoms. The molecule has 0 spiro atoms. The van der Waals surface area contributed by atoms with Crippen molar-refractivity contribution in [2.24, 2.45) is 5.73 Å². The summed E-state index contributed by atoms with van der Waals surface area (Å²) in [7, 11) is 0. The Hall–Kier alpha value is -3.42. The van der Waals surface area contributed by atoms with E-state index in [0.717, 1.165) is 30.9 Å². The summed E-state index contributed by atoms with van der Waals surface area (Å²) in [6.45, 7) is 1.41. The Kier molecular flexibility index (Phi) is 4.92. The number of hydrogen-bond donors (Lipinski definition) is 1. The van der Waals surface area contributed by atoms with E-state index in [1.54, 1.807) is 29.5 Å². The van der Waals surface area contributed by atoms with Crippen molar-refractivity contribution in [2.45, 2.75) is 25.3 Å². The fourth-order valence-corrected chi connectivity index (χ4v) is 3.73. The molecule has 2 aromatic heterocycles. The van der Waals surface area contributed by atoms with Crippen LogP contribution in [0.2, 0.25) is 0 Å². The predicted molar refractivity (Wildman–Crippen MR) is 103 cm³/mol. The van der Waals surface area contributed by atoms with Gasteiger partial charge in [0.15, 0.2) is 0 Å². The van der Waals surface area contributed by atoms with Gasteiger partial charge in [0.2, 0.25) is 5.91 Å². The number of piperidine rings is 1. The molecule has 0 radical (unpaired) electrons. The highest BCUT2D eigenvalue weighted by Gasteiger charge is 2.28. The number of primary amides is 1. The molecular formula is C20H22N6O2. The van der Waals surface area contributed by atoms with E-state index >= 15 is 0 Å². The van der Waals surface area contributed by atoms with E-state index in [-0.39, 0.29) is 18.4 Å². The largest absolute Gasteiger partial charge is 0.368 e. The molecular weight excluding hydrogens is 356 g/mol. The van der Waals surface area contributed by atoms with Gasteiger partial charge in [0, 0.05) is 55.0 Å². The monoisotopic (exact) mass is 378 g/mol. The van der Waals surface area contributed by atoms with Crippen LogP contribution in [0, 0.1) is 0 Å². The quantitative estimate of drug-likeness (QED) is 0.728. The van der Waals surface area contributed by atoms with Gasteiger partial charge in [0.25, 0.3) is 5.91 Å². The van der Waals surface area contributed by atoms with E-state index in [2.05, 4.69) is 9.97 Å². The molecule has 28 heavy (non-hydrogen) atoms. The van der Waals surface area contributed by atoms with Crippen LogP contribution in [0.1, 0.15) is 34.9 Å². The van der Waals surface area contributed by atoms with Crippen LogP contribution in [0.3, 0.4) is 0 Å². The van der Waals surface area contributed by atoms with Crippen molar-refractivity contribution in [2.75, 3.05) is 13.1 Å². The second-order valence-corrected chi connectivity index (χ2v) is 6.99. The van der Waals surface area contributed by atoms with E-state index in [1.807, 2.05) is 39.9 Å². The van der Waals surface area contributed by atoms with Gasteiger partial charge in [-0.2, -0.15) is 0 Å². The fourth-order valence-electron chi connectivity index (χ4n) is 3.73. The molecule has 1 aliphatic heterocycles. The Labute approximate surface area is 162 Å². The summed E-state index contributed by atoms with van der Waals surface area (Å²) in [5.74, 6) is 0.514. The average Bonchev–Trinajstić information content (AvgIpc) is 3.39. The van der Waals surface area contributed by atoms with Gasteiger partial charge in [-0.15, -0.1) is 0 Å². The summed E-state index contributed by atoms with van der Waals surface area (Å²) in [5, 5.41) is 0. The summed E-state index contributed by atoms with van der Waals surface area (Å²) in [6, 6.07) is 7.51. The Morgan fingerprint density at radius 3 is 2.68 bits per heavy atom. The third kappa shape index (κ3) is 3.66. The van der Waals surface area contributed by atoms with Crippen LogP contribution in [-0.2, 0) is 11.3 Å². The molecule has 8 nitrogen and oxygen atoms in total. The zero-order valence-corrected chi connectivity index (χ0v) is 15.4. The first-order valence-electron chi connectivity index (χ1n) is 9.29. The lowest BCUT2D eigenvalue weighted by atomic mass is 9.96. The predicted octanol–water partition coefficient (Wildman–Crippen LogP) is 1.57. The maximum absolute atomic E-state index is 13.0. The van der Waals surface area contributed by atoms with E-state index in [9.17, 15) is 9.59 Å². The van der Waals surface area contributed by atoms with Crippen molar-refractivity contribution in [1.82, 2.24) is 24.0 Å². The Balaban J connectivity index is 1.48. The van der Waals surface area contributed by atoms with Gasteiger partial charge < -0.3 is 19.8 Å². The molecule has 1 saturated heterocycles. The molecule has 1 unspecified atom stereocenters. The number of carbonyl (C=O) groups is 2. The topological polar surface area (TPSA) is 99.0 Å². The minimum atomic E-state index is -0.402. The molecule has 0 aliphatic carbocycles. The molecule has 1 aromatic carbocycles. The maximum Gasteiger partial charge on any atom is 0.253 e. The van der Waals surface area contributed by atoms with Gasteiger partial charge >= 0.3 is 0 Å². The molecule has 3 heterocycles. The number of rotatable bonds is 5. The molecule has 8 heteroatoms. The first-order chi connectivity index (χ1) is 13.6. The van der Waals surface area contributed by atoms with Gasteiger partial charge in [0.1, 0.15) is 12.4 Å². The highest BCUT2D eigenvalue weighted by Crippen LogP contribution is 2.27. The average molecular weight is 378 g/mol. The van der Waals surface area contributed by atoms with Crippen molar-refractivity contribution >= 4 is 11.8 Å². The van der Waals surface area contributed by atoms with Crippen LogP contribution in [0.5, 0.6) is 0 Å². The zero-order chi connectivity index (χ0) is 19.5.